The van der Waals surface area contributed by atoms with Crippen LogP contribution in [0.1, 0.15) is 18.1 Å². The van der Waals surface area contributed by atoms with Crippen LogP contribution in [0.3, 0.4) is 0 Å². The number of aryl methyl sites for hydroxylation is 1. The Morgan fingerprint density at radius 2 is 1.04 bits per heavy atom. The number of hydrogen-bond donors (Lipinski definition) is 0. The molecular weight excluding hydrogens is 639 g/mol. The zero-order valence-corrected chi connectivity index (χ0v) is 30.0. The summed E-state index contributed by atoms with van der Waals surface area (Å²) in [5.74, 6) is 0. The van der Waals surface area contributed by atoms with Crippen molar-refractivity contribution in [1.82, 2.24) is 0 Å². The highest BCUT2D eigenvalue weighted by Gasteiger charge is 2.18. The van der Waals surface area contributed by atoms with Crippen LogP contribution in [0.2, 0.25) is 0 Å². The van der Waals surface area contributed by atoms with E-state index in [0.717, 1.165) is 17.1 Å². The predicted molar refractivity (Wildman–Crippen MR) is 229 cm³/mol. The van der Waals surface area contributed by atoms with E-state index in [2.05, 4.69) is 219 Å². The first-order chi connectivity index (χ1) is 26.2. The molecule has 0 atom stereocenters. The molecule has 1 nitrogen and oxygen atoms in total. The van der Waals surface area contributed by atoms with Crippen LogP contribution in [0.4, 0.5) is 17.1 Å². The van der Waals surface area contributed by atoms with E-state index in [9.17, 15) is 0 Å². The van der Waals surface area contributed by atoms with Gasteiger partial charge >= 0.3 is 0 Å². The highest BCUT2D eigenvalue weighted by atomic mass is 15.1. The second-order valence-corrected chi connectivity index (χ2v) is 13.7. The number of anilines is 3. The van der Waals surface area contributed by atoms with Gasteiger partial charge in [-0.05, 0) is 128 Å². The van der Waals surface area contributed by atoms with E-state index < -0.39 is 0 Å². The molecule has 0 saturated heterocycles. The molecule has 9 rings (SSSR count). The summed E-state index contributed by atoms with van der Waals surface area (Å²) in [6, 6.07) is 68.6. The van der Waals surface area contributed by atoms with Gasteiger partial charge < -0.3 is 4.90 Å². The highest BCUT2D eigenvalue weighted by molar-refractivity contribution is 6.13. The molecule has 0 aliphatic rings. The average molecular weight is 678 g/mol. The Bertz CT molecular complexity index is 2790. The minimum atomic E-state index is 1.10. The molecule has 0 unspecified atom stereocenters. The van der Waals surface area contributed by atoms with E-state index in [1.807, 2.05) is 0 Å². The Balaban J connectivity index is 1.20. The maximum absolute atomic E-state index is 2.41. The first kappa shape index (κ1) is 32.2. The topological polar surface area (TPSA) is 3.24 Å². The lowest BCUT2D eigenvalue weighted by Crippen LogP contribution is -2.11. The van der Waals surface area contributed by atoms with Gasteiger partial charge in [0.15, 0.2) is 0 Å². The second-order valence-electron chi connectivity index (χ2n) is 13.7. The molecule has 9 aromatic carbocycles. The van der Waals surface area contributed by atoms with Gasteiger partial charge in [-0.15, -0.1) is 0 Å². The van der Waals surface area contributed by atoms with Crippen molar-refractivity contribution in [3.05, 3.63) is 205 Å². The SMILES string of the molecule is C/C=C\c1c(C)ccc2ccc(-c3cccc(N(c4ccc(-c5cc6ccccc6c6ccccc56)cc4)c4ccccc4-c4ccccc4)c3)cc12. The summed E-state index contributed by atoms with van der Waals surface area (Å²) in [6.07, 6.45) is 4.36. The number of hydrogen-bond acceptors (Lipinski definition) is 1. The molecule has 0 radical (unpaired) electrons. The van der Waals surface area contributed by atoms with Gasteiger partial charge in [0.2, 0.25) is 0 Å². The fourth-order valence-corrected chi connectivity index (χ4v) is 7.88. The molecule has 0 aliphatic heterocycles. The van der Waals surface area contributed by atoms with Gasteiger partial charge in [-0.3, -0.25) is 0 Å². The third kappa shape index (κ3) is 5.97. The lowest BCUT2D eigenvalue weighted by Gasteiger charge is -2.28. The van der Waals surface area contributed by atoms with Crippen LogP contribution in [0.15, 0.2) is 194 Å². The van der Waals surface area contributed by atoms with Crippen molar-refractivity contribution >= 4 is 55.5 Å². The zero-order chi connectivity index (χ0) is 35.7. The number of para-hydroxylation sites is 1. The van der Waals surface area contributed by atoms with Gasteiger partial charge in [0.25, 0.3) is 0 Å². The monoisotopic (exact) mass is 677 g/mol. The molecule has 0 spiro atoms. The van der Waals surface area contributed by atoms with E-state index in [1.165, 1.54) is 76.8 Å². The molecule has 0 heterocycles. The quantitative estimate of drug-likeness (QED) is 0.152. The minimum absolute atomic E-state index is 1.10. The predicted octanol–water partition coefficient (Wildman–Crippen LogP) is 15.0. The first-order valence-electron chi connectivity index (χ1n) is 18.4. The van der Waals surface area contributed by atoms with Crippen molar-refractivity contribution < 1.29 is 0 Å². The summed E-state index contributed by atoms with van der Waals surface area (Å²) in [4.78, 5) is 2.41. The van der Waals surface area contributed by atoms with Crippen LogP contribution in [0.5, 0.6) is 0 Å². The Kier molecular flexibility index (Phi) is 8.38. The van der Waals surface area contributed by atoms with Gasteiger partial charge in [-0.1, -0.05) is 158 Å². The Morgan fingerprint density at radius 3 is 1.87 bits per heavy atom. The van der Waals surface area contributed by atoms with Crippen molar-refractivity contribution in [3.63, 3.8) is 0 Å². The lowest BCUT2D eigenvalue weighted by atomic mass is 9.93. The number of rotatable bonds is 7. The fourth-order valence-electron chi connectivity index (χ4n) is 7.88. The van der Waals surface area contributed by atoms with Gasteiger partial charge in [-0.25, -0.2) is 0 Å². The third-order valence-electron chi connectivity index (χ3n) is 10.5. The molecule has 252 valence electrons. The molecule has 0 N–H and O–H groups in total. The number of allylic oxidation sites excluding steroid dienone is 1. The van der Waals surface area contributed by atoms with Crippen LogP contribution in [-0.4, -0.2) is 0 Å². The molecule has 1 heteroatoms. The van der Waals surface area contributed by atoms with Gasteiger partial charge in [-0.2, -0.15) is 0 Å². The van der Waals surface area contributed by atoms with Crippen molar-refractivity contribution in [2.45, 2.75) is 13.8 Å². The zero-order valence-electron chi connectivity index (χ0n) is 30.0. The van der Waals surface area contributed by atoms with E-state index in [4.69, 9.17) is 0 Å². The maximum atomic E-state index is 2.41. The van der Waals surface area contributed by atoms with Crippen LogP contribution < -0.4 is 4.90 Å². The van der Waals surface area contributed by atoms with E-state index in [-0.39, 0.29) is 0 Å². The maximum Gasteiger partial charge on any atom is 0.0540 e. The Hall–Kier alpha value is -6.70. The van der Waals surface area contributed by atoms with Crippen LogP contribution in [0.25, 0.3) is 71.8 Å². The number of fused-ring (bicyclic) bond motifs is 4. The van der Waals surface area contributed by atoms with Crippen molar-refractivity contribution in [2.75, 3.05) is 4.90 Å². The summed E-state index contributed by atoms with van der Waals surface area (Å²) in [6.45, 7) is 4.28. The van der Waals surface area contributed by atoms with Crippen LogP contribution in [0, 0.1) is 6.92 Å². The van der Waals surface area contributed by atoms with E-state index >= 15 is 0 Å². The summed E-state index contributed by atoms with van der Waals surface area (Å²) in [7, 11) is 0. The molecule has 53 heavy (non-hydrogen) atoms. The minimum Gasteiger partial charge on any atom is -0.310 e. The van der Waals surface area contributed by atoms with Gasteiger partial charge in [0.05, 0.1) is 5.69 Å². The van der Waals surface area contributed by atoms with Crippen LogP contribution >= 0.6 is 0 Å². The molecule has 0 aromatic heterocycles. The summed E-state index contributed by atoms with van der Waals surface area (Å²) < 4.78 is 0. The third-order valence-corrected chi connectivity index (χ3v) is 10.5. The summed E-state index contributed by atoms with van der Waals surface area (Å²) >= 11 is 0. The number of benzene rings is 9. The molecule has 0 aliphatic carbocycles. The smallest absolute Gasteiger partial charge is 0.0540 e. The van der Waals surface area contributed by atoms with Gasteiger partial charge in [0.1, 0.15) is 0 Å². The average Bonchev–Trinajstić information content (AvgIpc) is 3.22. The summed E-state index contributed by atoms with van der Waals surface area (Å²) in [5.41, 5.74) is 13.1. The standard InChI is InChI=1S/C52H39N/c1-3-14-45-36(2)25-26-38-27-28-41(34-50(38)45)40-18-13-19-44(33-40)53(52-24-12-11-21-47(52)37-15-5-4-6-16-37)43-31-29-39(30-32-43)51-35-42-17-7-8-20-46(42)48-22-9-10-23-49(48)51/h3-35H,1-2H3/b14-3-. The molecule has 9 aromatic rings. The normalized spacial score (nSPS) is 11.5. The fraction of sp³-hybridized carbons (Fsp3) is 0.0385. The first-order valence-corrected chi connectivity index (χ1v) is 18.4. The van der Waals surface area contributed by atoms with Crippen molar-refractivity contribution in [2.24, 2.45) is 0 Å². The van der Waals surface area contributed by atoms with Crippen molar-refractivity contribution in [1.29, 1.82) is 0 Å². The number of nitrogens with zero attached hydrogens (tertiary/aromatic N) is 1. The van der Waals surface area contributed by atoms with Crippen LogP contribution in [-0.2, 0) is 0 Å². The largest absolute Gasteiger partial charge is 0.310 e. The molecule has 0 fully saturated rings. The van der Waals surface area contributed by atoms with E-state index in [0.29, 0.717) is 0 Å². The van der Waals surface area contributed by atoms with Gasteiger partial charge in [0, 0.05) is 16.9 Å². The Morgan fingerprint density at radius 1 is 0.396 bits per heavy atom. The molecule has 0 saturated carbocycles. The van der Waals surface area contributed by atoms with Crippen molar-refractivity contribution in [3.8, 4) is 33.4 Å². The highest BCUT2D eigenvalue weighted by Crippen LogP contribution is 2.43. The summed E-state index contributed by atoms with van der Waals surface area (Å²) in [5, 5.41) is 7.60. The lowest BCUT2D eigenvalue weighted by molar-refractivity contribution is 1.28. The second kappa shape index (κ2) is 13.8. The molecule has 0 amide bonds. The molecular formula is C52H39N. The molecule has 0 bridgehead atoms. The Labute approximate surface area is 311 Å². The van der Waals surface area contributed by atoms with E-state index in [1.54, 1.807) is 0 Å².